The topological polar surface area (TPSA) is 42.1 Å². The molecule has 1 aliphatic carbocycles. The lowest BCUT2D eigenvalue weighted by molar-refractivity contribution is 0.406. The number of nitrogens with two attached hydrogens (primary N) is 1. The molecule has 19 heavy (non-hydrogen) atoms. The van der Waals surface area contributed by atoms with Gasteiger partial charge < -0.3 is 10.6 Å². The van der Waals surface area contributed by atoms with Gasteiger partial charge in [-0.1, -0.05) is 19.3 Å². The van der Waals surface area contributed by atoms with E-state index in [2.05, 4.69) is 4.98 Å². The van der Waals surface area contributed by atoms with Crippen LogP contribution in [0.4, 0.5) is 14.6 Å². The number of aromatic nitrogens is 1. The lowest BCUT2D eigenvalue weighted by Gasteiger charge is -2.35. The van der Waals surface area contributed by atoms with Gasteiger partial charge in [0, 0.05) is 18.7 Å². The van der Waals surface area contributed by atoms with E-state index < -0.39 is 11.6 Å². The smallest absolute Gasteiger partial charge is 0.168 e. The summed E-state index contributed by atoms with van der Waals surface area (Å²) in [6.45, 7) is 1.24. The monoisotopic (exact) mass is 269 g/mol. The molecule has 0 aromatic carbocycles. The lowest BCUT2D eigenvalue weighted by atomic mass is 9.94. The first-order valence-corrected chi connectivity index (χ1v) is 7.00. The van der Waals surface area contributed by atoms with Crippen molar-refractivity contribution in [3.63, 3.8) is 0 Å². The normalized spacial score (nSPS) is 16.6. The van der Waals surface area contributed by atoms with Crippen LogP contribution < -0.4 is 10.6 Å². The predicted molar refractivity (Wildman–Crippen MR) is 72.0 cm³/mol. The van der Waals surface area contributed by atoms with Crippen LogP contribution >= 0.6 is 0 Å². The highest BCUT2D eigenvalue weighted by atomic mass is 19.1. The molecule has 1 aromatic heterocycles. The van der Waals surface area contributed by atoms with E-state index in [1.807, 2.05) is 4.90 Å². The lowest BCUT2D eigenvalue weighted by Crippen LogP contribution is -2.39. The van der Waals surface area contributed by atoms with Gasteiger partial charge >= 0.3 is 0 Å². The van der Waals surface area contributed by atoms with Gasteiger partial charge in [-0.3, -0.25) is 0 Å². The largest absolute Gasteiger partial charge is 0.351 e. The average Bonchev–Trinajstić information content (AvgIpc) is 2.42. The molecule has 0 radical (unpaired) electrons. The minimum absolute atomic E-state index is 0.266. The maximum absolute atomic E-state index is 13.9. The molecule has 1 fully saturated rings. The highest BCUT2D eigenvalue weighted by Gasteiger charge is 2.24. The highest BCUT2D eigenvalue weighted by Crippen LogP contribution is 2.28. The van der Waals surface area contributed by atoms with Crippen molar-refractivity contribution >= 4 is 5.82 Å². The molecule has 2 rings (SSSR count). The third kappa shape index (κ3) is 3.62. The SMILES string of the molecule is NCCCN(c1ncc(F)cc1F)C1CCCCC1. The zero-order valence-electron chi connectivity index (χ0n) is 11.1. The summed E-state index contributed by atoms with van der Waals surface area (Å²) < 4.78 is 26.9. The molecule has 106 valence electrons. The molecule has 1 aliphatic rings. The summed E-state index contributed by atoms with van der Waals surface area (Å²) >= 11 is 0. The van der Waals surface area contributed by atoms with Crippen LogP contribution in [0, 0.1) is 11.6 Å². The summed E-state index contributed by atoms with van der Waals surface area (Å²) in [6, 6.07) is 1.20. The molecule has 0 spiro atoms. The maximum atomic E-state index is 13.9. The van der Waals surface area contributed by atoms with Crippen molar-refractivity contribution in [1.82, 2.24) is 4.98 Å². The molecule has 3 nitrogen and oxygen atoms in total. The van der Waals surface area contributed by atoms with E-state index in [1.54, 1.807) is 0 Å². The molecule has 0 aliphatic heterocycles. The fourth-order valence-corrected chi connectivity index (χ4v) is 2.73. The Morgan fingerprint density at radius 2 is 2.00 bits per heavy atom. The van der Waals surface area contributed by atoms with Gasteiger partial charge in [0.25, 0.3) is 0 Å². The summed E-state index contributed by atoms with van der Waals surface area (Å²) in [4.78, 5) is 5.91. The van der Waals surface area contributed by atoms with E-state index in [0.717, 1.165) is 44.4 Å². The minimum Gasteiger partial charge on any atom is -0.351 e. The van der Waals surface area contributed by atoms with E-state index in [4.69, 9.17) is 5.73 Å². The third-order valence-corrected chi connectivity index (χ3v) is 3.68. The van der Waals surface area contributed by atoms with E-state index in [-0.39, 0.29) is 5.82 Å². The molecule has 5 heteroatoms. The zero-order chi connectivity index (χ0) is 13.7. The minimum atomic E-state index is -0.635. The summed E-state index contributed by atoms with van der Waals surface area (Å²) in [5, 5.41) is 0. The number of rotatable bonds is 5. The van der Waals surface area contributed by atoms with Crippen LogP contribution in [-0.4, -0.2) is 24.1 Å². The summed E-state index contributed by atoms with van der Waals surface area (Å²) in [7, 11) is 0. The van der Waals surface area contributed by atoms with Crippen molar-refractivity contribution in [3.05, 3.63) is 23.9 Å². The Bertz CT molecular complexity index is 406. The molecule has 0 saturated heterocycles. The number of pyridine rings is 1. The number of nitrogens with zero attached hydrogens (tertiary/aromatic N) is 2. The van der Waals surface area contributed by atoms with Crippen molar-refractivity contribution in [2.45, 2.75) is 44.6 Å². The van der Waals surface area contributed by atoms with Crippen LogP contribution in [0.2, 0.25) is 0 Å². The average molecular weight is 269 g/mol. The first-order chi connectivity index (χ1) is 9.22. The van der Waals surface area contributed by atoms with Gasteiger partial charge in [-0.05, 0) is 25.8 Å². The molecule has 0 atom stereocenters. The third-order valence-electron chi connectivity index (χ3n) is 3.68. The molecule has 1 heterocycles. The van der Waals surface area contributed by atoms with E-state index in [9.17, 15) is 8.78 Å². The van der Waals surface area contributed by atoms with Crippen LogP contribution in [-0.2, 0) is 0 Å². The fraction of sp³-hybridized carbons (Fsp3) is 0.643. The maximum Gasteiger partial charge on any atom is 0.168 e. The summed E-state index contributed by atoms with van der Waals surface area (Å²) in [5.41, 5.74) is 5.55. The van der Waals surface area contributed by atoms with Crippen molar-refractivity contribution in [2.24, 2.45) is 5.73 Å². The van der Waals surface area contributed by atoms with Gasteiger partial charge in [0.05, 0.1) is 6.20 Å². The molecule has 2 N–H and O–H groups in total. The Morgan fingerprint density at radius 3 is 2.63 bits per heavy atom. The second kappa shape index (κ2) is 6.80. The Labute approximate surface area is 112 Å². The standard InChI is InChI=1S/C14H21F2N3/c15-11-9-13(16)14(18-10-11)19(8-4-7-17)12-5-2-1-3-6-12/h9-10,12H,1-8,17H2. The molecule has 1 saturated carbocycles. The quantitative estimate of drug-likeness (QED) is 0.893. The van der Waals surface area contributed by atoms with Crippen LogP contribution in [0.15, 0.2) is 12.3 Å². The molecule has 0 amide bonds. The Balaban J connectivity index is 2.19. The van der Waals surface area contributed by atoms with Gasteiger partial charge in [0.2, 0.25) is 0 Å². The van der Waals surface area contributed by atoms with Gasteiger partial charge in [-0.15, -0.1) is 0 Å². The summed E-state index contributed by atoms with van der Waals surface area (Å²) in [5.74, 6) is -0.951. The van der Waals surface area contributed by atoms with Gasteiger partial charge in [0.1, 0.15) is 5.82 Å². The van der Waals surface area contributed by atoms with Crippen molar-refractivity contribution < 1.29 is 8.78 Å². The Morgan fingerprint density at radius 1 is 1.26 bits per heavy atom. The molecular weight excluding hydrogens is 248 g/mol. The molecular formula is C14H21F2N3. The van der Waals surface area contributed by atoms with Gasteiger partial charge in [0.15, 0.2) is 11.6 Å². The molecule has 0 unspecified atom stereocenters. The predicted octanol–water partition coefficient (Wildman–Crippen LogP) is 2.85. The zero-order valence-corrected chi connectivity index (χ0v) is 11.1. The van der Waals surface area contributed by atoms with E-state index >= 15 is 0 Å². The van der Waals surface area contributed by atoms with E-state index in [1.165, 1.54) is 6.42 Å². The second-order valence-corrected chi connectivity index (χ2v) is 5.09. The van der Waals surface area contributed by atoms with Crippen molar-refractivity contribution in [1.29, 1.82) is 0 Å². The first-order valence-electron chi connectivity index (χ1n) is 7.00. The Kier molecular flexibility index (Phi) is 5.07. The first kappa shape index (κ1) is 14.2. The summed E-state index contributed by atoms with van der Waals surface area (Å²) in [6.07, 6.45) is 7.51. The second-order valence-electron chi connectivity index (χ2n) is 5.09. The Hall–Kier alpha value is -1.23. The van der Waals surface area contributed by atoms with Crippen LogP contribution in [0.1, 0.15) is 38.5 Å². The number of anilines is 1. The van der Waals surface area contributed by atoms with Crippen molar-refractivity contribution in [3.8, 4) is 0 Å². The fourth-order valence-electron chi connectivity index (χ4n) is 2.73. The van der Waals surface area contributed by atoms with Crippen molar-refractivity contribution in [2.75, 3.05) is 18.0 Å². The van der Waals surface area contributed by atoms with Crippen LogP contribution in [0.25, 0.3) is 0 Å². The van der Waals surface area contributed by atoms with Crippen LogP contribution in [0.3, 0.4) is 0 Å². The van der Waals surface area contributed by atoms with Gasteiger partial charge in [-0.2, -0.15) is 0 Å². The molecule has 0 bridgehead atoms. The molecule has 1 aromatic rings. The van der Waals surface area contributed by atoms with Gasteiger partial charge in [-0.25, -0.2) is 13.8 Å². The number of hydrogen-bond acceptors (Lipinski definition) is 3. The number of halogens is 2. The van der Waals surface area contributed by atoms with Crippen LogP contribution in [0.5, 0.6) is 0 Å². The number of hydrogen-bond donors (Lipinski definition) is 1. The van der Waals surface area contributed by atoms with E-state index in [0.29, 0.717) is 19.1 Å². The highest BCUT2D eigenvalue weighted by molar-refractivity contribution is 5.41.